The van der Waals surface area contributed by atoms with Crippen LogP contribution in [-0.4, -0.2) is 44.6 Å². The maximum absolute atomic E-state index is 10.7. The second-order valence-corrected chi connectivity index (χ2v) is 4.68. The predicted octanol–water partition coefficient (Wildman–Crippen LogP) is 1.20. The lowest BCUT2D eigenvalue weighted by Gasteiger charge is -2.14. The van der Waals surface area contributed by atoms with Crippen molar-refractivity contribution in [2.24, 2.45) is 0 Å². The molecule has 1 heterocycles. The first-order chi connectivity index (χ1) is 8.17. The normalized spacial score (nSPS) is 12.6. The van der Waals surface area contributed by atoms with Crippen molar-refractivity contribution in [3.63, 3.8) is 0 Å². The number of thiophene rings is 1. The van der Waals surface area contributed by atoms with E-state index in [2.05, 4.69) is 5.32 Å². The van der Waals surface area contributed by atoms with E-state index in [0.29, 0.717) is 24.6 Å². The highest BCUT2D eigenvalue weighted by Gasteiger charge is 2.08. The summed E-state index contributed by atoms with van der Waals surface area (Å²) in [5.74, 6) is -0.879. The molecule has 1 rings (SSSR count). The number of carbonyl (C=O) groups is 1. The van der Waals surface area contributed by atoms with Crippen molar-refractivity contribution in [3.05, 3.63) is 21.9 Å². The molecule has 5 nitrogen and oxygen atoms in total. The predicted molar refractivity (Wildman–Crippen MR) is 65.7 cm³/mol. The Balaban J connectivity index is 2.32. The zero-order chi connectivity index (χ0) is 12.7. The average Bonchev–Trinajstić information content (AvgIpc) is 2.77. The average molecular weight is 259 g/mol. The molecule has 1 aromatic rings. The largest absolute Gasteiger partial charge is 0.477 e. The van der Waals surface area contributed by atoms with E-state index in [1.54, 1.807) is 20.3 Å². The Morgan fingerprint density at radius 2 is 2.29 bits per heavy atom. The maximum atomic E-state index is 10.7. The van der Waals surface area contributed by atoms with E-state index in [1.807, 2.05) is 6.07 Å². The fraction of sp³-hybridized carbons (Fsp3) is 0.545. The van der Waals surface area contributed by atoms with Gasteiger partial charge < -0.3 is 19.9 Å². The molecule has 0 radical (unpaired) electrons. The van der Waals surface area contributed by atoms with Crippen LogP contribution in [0.15, 0.2) is 12.1 Å². The number of ether oxygens (including phenoxy) is 2. The smallest absolute Gasteiger partial charge is 0.345 e. The number of carboxylic acids is 1. The molecule has 0 aromatic carbocycles. The van der Waals surface area contributed by atoms with Crippen LogP contribution in [0.1, 0.15) is 14.5 Å². The molecule has 0 saturated heterocycles. The number of aromatic carboxylic acids is 1. The number of hydrogen-bond acceptors (Lipinski definition) is 5. The second-order valence-electron chi connectivity index (χ2n) is 3.52. The van der Waals surface area contributed by atoms with Gasteiger partial charge in [0.15, 0.2) is 0 Å². The van der Waals surface area contributed by atoms with Crippen LogP contribution >= 0.6 is 11.3 Å². The van der Waals surface area contributed by atoms with Gasteiger partial charge >= 0.3 is 5.97 Å². The minimum absolute atomic E-state index is 0.0129. The van der Waals surface area contributed by atoms with Crippen molar-refractivity contribution < 1.29 is 19.4 Å². The first-order valence-corrected chi connectivity index (χ1v) is 6.03. The monoisotopic (exact) mass is 259 g/mol. The molecule has 0 saturated carbocycles. The molecule has 0 amide bonds. The number of methoxy groups -OCH3 is 2. The summed E-state index contributed by atoms with van der Waals surface area (Å²) in [6.07, 6.45) is 0.0129. The summed E-state index contributed by atoms with van der Waals surface area (Å²) in [6.45, 7) is 1.85. The summed E-state index contributed by atoms with van der Waals surface area (Å²) in [6, 6.07) is 3.44. The molecule has 2 N–H and O–H groups in total. The van der Waals surface area contributed by atoms with E-state index in [-0.39, 0.29) is 6.10 Å². The van der Waals surface area contributed by atoms with Crippen molar-refractivity contribution >= 4 is 17.3 Å². The lowest BCUT2D eigenvalue weighted by molar-refractivity contribution is 0.0288. The van der Waals surface area contributed by atoms with Crippen LogP contribution in [-0.2, 0) is 16.0 Å². The third kappa shape index (κ3) is 4.82. The molecule has 0 aliphatic heterocycles. The van der Waals surface area contributed by atoms with E-state index in [0.717, 1.165) is 4.88 Å². The van der Waals surface area contributed by atoms with Gasteiger partial charge in [-0.25, -0.2) is 4.79 Å². The molecule has 1 aromatic heterocycles. The van der Waals surface area contributed by atoms with Gasteiger partial charge in [0.2, 0.25) is 0 Å². The van der Waals surface area contributed by atoms with Crippen LogP contribution in [0.5, 0.6) is 0 Å². The summed E-state index contributed by atoms with van der Waals surface area (Å²) in [4.78, 5) is 12.0. The van der Waals surface area contributed by atoms with Crippen molar-refractivity contribution in [1.29, 1.82) is 0 Å². The van der Waals surface area contributed by atoms with E-state index < -0.39 is 5.97 Å². The quantitative estimate of drug-likeness (QED) is 0.734. The number of carboxylic acid groups (broad SMARTS) is 1. The summed E-state index contributed by atoms with van der Waals surface area (Å²) < 4.78 is 10.2. The molecule has 1 atom stereocenters. The van der Waals surface area contributed by atoms with E-state index in [1.165, 1.54) is 11.3 Å². The van der Waals surface area contributed by atoms with Gasteiger partial charge in [-0.3, -0.25) is 0 Å². The van der Waals surface area contributed by atoms with Gasteiger partial charge in [-0.05, 0) is 12.1 Å². The minimum atomic E-state index is -0.879. The zero-order valence-electron chi connectivity index (χ0n) is 9.93. The highest BCUT2D eigenvalue weighted by molar-refractivity contribution is 7.13. The van der Waals surface area contributed by atoms with Crippen molar-refractivity contribution in [2.75, 3.05) is 27.4 Å². The van der Waals surface area contributed by atoms with Crippen LogP contribution in [0.3, 0.4) is 0 Å². The maximum Gasteiger partial charge on any atom is 0.345 e. The first kappa shape index (κ1) is 14.1. The van der Waals surface area contributed by atoms with Gasteiger partial charge in [0.25, 0.3) is 0 Å². The second kappa shape index (κ2) is 7.39. The van der Waals surface area contributed by atoms with Gasteiger partial charge in [0, 0.05) is 32.2 Å². The number of hydrogen-bond donors (Lipinski definition) is 2. The topological polar surface area (TPSA) is 67.8 Å². The Hall–Kier alpha value is -0.950. The lowest BCUT2D eigenvalue weighted by Crippen LogP contribution is -2.31. The standard InChI is InChI=1S/C11H17NO4S/c1-15-7-8(16-2)5-12-6-9-3-4-10(17-9)11(13)14/h3-4,8,12H,5-7H2,1-2H3,(H,13,14). The molecule has 0 spiro atoms. The highest BCUT2D eigenvalue weighted by atomic mass is 32.1. The fourth-order valence-electron chi connectivity index (χ4n) is 1.34. The van der Waals surface area contributed by atoms with E-state index >= 15 is 0 Å². The first-order valence-electron chi connectivity index (χ1n) is 5.21. The van der Waals surface area contributed by atoms with Crippen LogP contribution in [0.4, 0.5) is 0 Å². The Morgan fingerprint density at radius 3 is 2.82 bits per heavy atom. The molecular weight excluding hydrogens is 242 g/mol. The third-order valence-corrected chi connectivity index (χ3v) is 3.30. The molecule has 1 unspecified atom stereocenters. The third-order valence-electron chi connectivity index (χ3n) is 2.23. The SMILES string of the molecule is COCC(CNCc1ccc(C(=O)O)s1)OC. The van der Waals surface area contributed by atoms with Crippen molar-refractivity contribution in [2.45, 2.75) is 12.6 Å². The zero-order valence-corrected chi connectivity index (χ0v) is 10.8. The number of nitrogens with one attached hydrogen (secondary N) is 1. The van der Waals surface area contributed by atoms with Crippen LogP contribution in [0.25, 0.3) is 0 Å². The molecule has 0 aliphatic carbocycles. The van der Waals surface area contributed by atoms with Gasteiger partial charge in [0.05, 0.1) is 12.7 Å². The highest BCUT2D eigenvalue weighted by Crippen LogP contribution is 2.15. The molecule has 0 aliphatic rings. The van der Waals surface area contributed by atoms with Gasteiger partial charge in [-0.1, -0.05) is 0 Å². The van der Waals surface area contributed by atoms with E-state index in [9.17, 15) is 4.79 Å². The Bertz CT molecular complexity index is 353. The molecule has 0 bridgehead atoms. The summed E-state index contributed by atoms with van der Waals surface area (Å²) in [5, 5.41) is 12.0. The molecule has 17 heavy (non-hydrogen) atoms. The van der Waals surface area contributed by atoms with Crippen molar-refractivity contribution in [3.8, 4) is 0 Å². The Labute approximate surface area is 104 Å². The van der Waals surface area contributed by atoms with E-state index in [4.69, 9.17) is 14.6 Å². The fourth-order valence-corrected chi connectivity index (χ4v) is 2.16. The van der Waals surface area contributed by atoms with Crippen molar-refractivity contribution in [1.82, 2.24) is 5.32 Å². The molecule has 0 fully saturated rings. The summed E-state index contributed by atoms with van der Waals surface area (Å²) in [7, 11) is 3.27. The van der Waals surface area contributed by atoms with Crippen LogP contribution in [0, 0.1) is 0 Å². The molecule has 96 valence electrons. The molecule has 6 heteroatoms. The summed E-state index contributed by atoms with van der Waals surface area (Å²) in [5.41, 5.74) is 0. The Morgan fingerprint density at radius 1 is 1.53 bits per heavy atom. The summed E-state index contributed by atoms with van der Waals surface area (Å²) >= 11 is 1.28. The minimum Gasteiger partial charge on any atom is -0.477 e. The van der Waals surface area contributed by atoms with Gasteiger partial charge in [-0.2, -0.15) is 0 Å². The molecular formula is C11H17NO4S. The lowest BCUT2D eigenvalue weighted by atomic mass is 10.3. The van der Waals surface area contributed by atoms with Gasteiger partial charge in [-0.15, -0.1) is 11.3 Å². The van der Waals surface area contributed by atoms with Gasteiger partial charge in [0.1, 0.15) is 4.88 Å². The van der Waals surface area contributed by atoms with Crippen LogP contribution in [0.2, 0.25) is 0 Å². The Kier molecular flexibility index (Phi) is 6.13. The number of rotatable bonds is 8. The van der Waals surface area contributed by atoms with Crippen LogP contribution < -0.4 is 5.32 Å².